The number of amides is 1. The van der Waals surface area contributed by atoms with E-state index in [4.69, 9.17) is 4.74 Å². The van der Waals surface area contributed by atoms with Crippen LogP contribution in [0.5, 0.6) is 5.75 Å². The molecule has 0 atom stereocenters. The van der Waals surface area contributed by atoms with Crippen molar-refractivity contribution < 1.29 is 17.9 Å². The van der Waals surface area contributed by atoms with Crippen molar-refractivity contribution in [3.05, 3.63) is 59.2 Å². The van der Waals surface area contributed by atoms with Gasteiger partial charge in [-0.3, -0.25) is 4.79 Å². The molecule has 2 rings (SSSR count). The number of nitrogens with zero attached hydrogens (tertiary/aromatic N) is 2. The Kier molecular flexibility index (Phi) is 8.00. The average Bonchev–Trinajstić information content (AvgIpc) is 2.73. The van der Waals surface area contributed by atoms with E-state index in [2.05, 4.69) is 9.93 Å². The van der Waals surface area contributed by atoms with Gasteiger partial charge in [-0.2, -0.15) is 18.4 Å². The van der Waals surface area contributed by atoms with Crippen LogP contribution in [-0.2, 0) is 14.8 Å². The number of carbonyl (C=O) groups is 1. The molecule has 2 aromatic carbocycles. The zero-order valence-corrected chi connectivity index (χ0v) is 18.9. The second-order valence-corrected chi connectivity index (χ2v) is 8.57. The normalized spacial score (nSPS) is 11.8. The predicted molar refractivity (Wildman–Crippen MR) is 118 cm³/mol. The summed E-state index contributed by atoms with van der Waals surface area (Å²) < 4.78 is 30.7. The first-order valence-electron chi connectivity index (χ1n) is 9.82. The SMILES string of the molecule is CCN(CC)C(=O)COc1ccc(/C(C)=N/NS(=O)(=O)c2cc(C)ccc2C)cc1. The standard InChI is InChI=1S/C22H29N3O4S/c1-6-25(7-2)22(26)15-29-20-12-10-19(11-13-20)18(5)23-24-30(27,28)21-14-16(3)8-9-17(21)4/h8-14,24H,6-7,15H2,1-5H3/b23-18+. The highest BCUT2D eigenvalue weighted by atomic mass is 32.2. The zero-order chi connectivity index (χ0) is 22.3. The quantitative estimate of drug-likeness (QED) is 0.488. The van der Waals surface area contributed by atoms with Crippen molar-refractivity contribution in [2.45, 2.75) is 39.5 Å². The van der Waals surface area contributed by atoms with Gasteiger partial charge < -0.3 is 9.64 Å². The molecule has 30 heavy (non-hydrogen) atoms. The van der Waals surface area contributed by atoms with E-state index in [1.54, 1.807) is 55.1 Å². The second-order valence-electron chi connectivity index (χ2n) is 6.94. The first-order chi connectivity index (χ1) is 14.2. The number of aryl methyl sites for hydroxylation is 2. The Balaban J connectivity index is 2.05. The third-order valence-corrected chi connectivity index (χ3v) is 6.07. The minimum Gasteiger partial charge on any atom is -0.484 e. The molecule has 7 nitrogen and oxygen atoms in total. The van der Waals surface area contributed by atoms with Crippen molar-refractivity contribution in [3.63, 3.8) is 0 Å². The van der Waals surface area contributed by atoms with E-state index in [0.717, 1.165) is 11.1 Å². The zero-order valence-electron chi connectivity index (χ0n) is 18.1. The molecule has 0 spiro atoms. The summed E-state index contributed by atoms with van der Waals surface area (Å²) in [5.41, 5.74) is 2.76. The van der Waals surface area contributed by atoms with Crippen LogP contribution in [0.4, 0.5) is 0 Å². The number of benzene rings is 2. The van der Waals surface area contributed by atoms with Crippen molar-refractivity contribution in [1.29, 1.82) is 0 Å². The lowest BCUT2D eigenvalue weighted by atomic mass is 10.1. The molecule has 0 radical (unpaired) electrons. The van der Waals surface area contributed by atoms with Gasteiger partial charge in [0.1, 0.15) is 5.75 Å². The van der Waals surface area contributed by atoms with Gasteiger partial charge in [-0.1, -0.05) is 12.1 Å². The first-order valence-corrected chi connectivity index (χ1v) is 11.3. The lowest BCUT2D eigenvalue weighted by molar-refractivity contribution is -0.132. The van der Waals surface area contributed by atoms with Gasteiger partial charge in [0, 0.05) is 13.1 Å². The maximum absolute atomic E-state index is 12.6. The van der Waals surface area contributed by atoms with Gasteiger partial charge in [0.05, 0.1) is 10.6 Å². The monoisotopic (exact) mass is 431 g/mol. The summed E-state index contributed by atoms with van der Waals surface area (Å²) >= 11 is 0. The Morgan fingerprint density at radius 1 is 1.07 bits per heavy atom. The summed E-state index contributed by atoms with van der Waals surface area (Å²) in [6, 6.07) is 12.2. The minimum absolute atomic E-state index is 0.0241. The molecule has 1 amide bonds. The highest BCUT2D eigenvalue weighted by molar-refractivity contribution is 7.89. The third kappa shape index (κ3) is 6.06. The van der Waals surface area contributed by atoms with Crippen LogP contribution in [-0.4, -0.2) is 44.6 Å². The number of sulfonamides is 1. The molecule has 0 unspecified atom stereocenters. The Morgan fingerprint density at radius 2 is 1.70 bits per heavy atom. The van der Waals surface area contributed by atoms with Crippen LogP contribution >= 0.6 is 0 Å². The molecule has 2 aromatic rings. The van der Waals surface area contributed by atoms with Crippen LogP contribution in [0.25, 0.3) is 0 Å². The summed E-state index contributed by atoms with van der Waals surface area (Å²) in [5, 5.41) is 4.04. The van der Waals surface area contributed by atoms with Crippen molar-refractivity contribution in [2.24, 2.45) is 5.10 Å². The number of carbonyl (C=O) groups excluding carboxylic acids is 1. The highest BCUT2D eigenvalue weighted by Gasteiger charge is 2.16. The van der Waals surface area contributed by atoms with Gasteiger partial charge >= 0.3 is 0 Å². The molecule has 162 valence electrons. The summed E-state index contributed by atoms with van der Waals surface area (Å²) in [6.07, 6.45) is 0. The average molecular weight is 432 g/mol. The fourth-order valence-electron chi connectivity index (χ4n) is 2.84. The van der Waals surface area contributed by atoms with Crippen molar-refractivity contribution >= 4 is 21.6 Å². The largest absolute Gasteiger partial charge is 0.484 e. The molecule has 0 aliphatic carbocycles. The maximum Gasteiger partial charge on any atom is 0.276 e. The van der Waals surface area contributed by atoms with Crippen LogP contribution in [0.1, 0.15) is 37.5 Å². The molecule has 0 heterocycles. The number of nitrogens with one attached hydrogen (secondary N) is 1. The molecular weight excluding hydrogens is 402 g/mol. The Hall–Kier alpha value is -2.87. The van der Waals surface area contributed by atoms with Gasteiger partial charge in [0.25, 0.3) is 15.9 Å². The molecule has 0 aliphatic heterocycles. The molecular formula is C22H29N3O4S. The van der Waals surface area contributed by atoms with Crippen LogP contribution in [0, 0.1) is 13.8 Å². The van der Waals surface area contributed by atoms with Crippen LogP contribution in [0.2, 0.25) is 0 Å². The number of ether oxygens (including phenoxy) is 1. The Morgan fingerprint density at radius 3 is 2.30 bits per heavy atom. The van der Waals surface area contributed by atoms with E-state index in [9.17, 15) is 13.2 Å². The lowest BCUT2D eigenvalue weighted by Gasteiger charge is -2.18. The van der Waals surface area contributed by atoms with E-state index >= 15 is 0 Å². The smallest absolute Gasteiger partial charge is 0.276 e. The molecule has 0 saturated heterocycles. The third-order valence-electron chi connectivity index (χ3n) is 4.72. The second kappa shape index (κ2) is 10.2. The molecule has 0 aliphatic rings. The van der Waals surface area contributed by atoms with E-state index in [1.807, 2.05) is 26.8 Å². The predicted octanol–water partition coefficient (Wildman–Crippen LogP) is 3.25. The fourth-order valence-corrected chi connectivity index (χ4v) is 4.03. The molecule has 0 bridgehead atoms. The van der Waals surface area contributed by atoms with E-state index in [1.165, 1.54) is 0 Å². The topological polar surface area (TPSA) is 88.1 Å². The lowest BCUT2D eigenvalue weighted by Crippen LogP contribution is -2.34. The van der Waals surface area contributed by atoms with Gasteiger partial charge in [-0.15, -0.1) is 0 Å². The van der Waals surface area contributed by atoms with Gasteiger partial charge in [-0.05, 0) is 81.6 Å². The molecule has 1 N–H and O–H groups in total. The Bertz CT molecular complexity index is 1010. The highest BCUT2D eigenvalue weighted by Crippen LogP contribution is 2.17. The number of hydrogen-bond acceptors (Lipinski definition) is 5. The van der Waals surface area contributed by atoms with Crippen LogP contribution < -0.4 is 9.57 Å². The molecule has 0 fully saturated rings. The van der Waals surface area contributed by atoms with Crippen molar-refractivity contribution in [2.75, 3.05) is 19.7 Å². The maximum atomic E-state index is 12.6. The van der Waals surface area contributed by atoms with E-state index in [0.29, 0.717) is 30.1 Å². The van der Waals surface area contributed by atoms with E-state index < -0.39 is 10.0 Å². The summed E-state index contributed by atoms with van der Waals surface area (Å²) in [5.74, 6) is 0.491. The molecule has 8 heteroatoms. The Labute approximate surface area is 178 Å². The fraction of sp³-hybridized carbons (Fsp3) is 0.364. The van der Waals surface area contributed by atoms with Gasteiger partial charge in [0.15, 0.2) is 6.61 Å². The number of hydrazone groups is 1. The number of hydrogen-bond donors (Lipinski definition) is 1. The minimum atomic E-state index is -3.76. The van der Waals surface area contributed by atoms with Gasteiger partial charge in [0.2, 0.25) is 0 Å². The first kappa shape index (κ1) is 23.4. The summed E-state index contributed by atoms with van der Waals surface area (Å²) in [4.78, 5) is 16.2. The molecule has 0 aromatic heterocycles. The van der Waals surface area contributed by atoms with Crippen molar-refractivity contribution in [3.8, 4) is 5.75 Å². The summed E-state index contributed by atoms with van der Waals surface area (Å²) in [7, 11) is -3.76. The van der Waals surface area contributed by atoms with Crippen LogP contribution in [0.3, 0.4) is 0 Å². The number of likely N-dealkylation sites (N-methyl/N-ethyl adjacent to an activating group) is 1. The van der Waals surface area contributed by atoms with E-state index in [-0.39, 0.29) is 17.4 Å². The number of rotatable bonds is 9. The summed E-state index contributed by atoms with van der Waals surface area (Å²) in [6.45, 7) is 10.4. The molecule has 0 saturated carbocycles. The van der Waals surface area contributed by atoms with Crippen LogP contribution in [0.15, 0.2) is 52.5 Å². The van der Waals surface area contributed by atoms with Gasteiger partial charge in [-0.25, -0.2) is 0 Å². The van der Waals surface area contributed by atoms with Crippen molar-refractivity contribution in [1.82, 2.24) is 9.73 Å².